The molecule has 0 saturated carbocycles. The van der Waals surface area contributed by atoms with E-state index >= 15 is 0 Å². The van der Waals surface area contributed by atoms with Gasteiger partial charge < -0.3 is 14.8 Å². The molecule has 2 unspecified atom stereocenters. The number of ketones is 1. The summed E-state index contributed by atoms with van der Waals surface area (Å²) in [6, 6.07) is 17.3. The number of benzene rings is 2. The summed E-state index contributed by atoms with van der Waals surface area (Å²) in [5.74, 6) is -0.711. The highest BCUT2D eigenvalue weighted by Gasteiger charge is 2.41. The second-order valence-electron chi connectivity index (χ2n) is 9.01. The lowest BCUT2D eigenvalue weighted by atomic mass is 9.72. The first-order chi connectivity index (χ1) is 17.4. The molecule has 2 heterocycles. The van der Waals surface area contributed by atoms with Crippen LogP contribution in [0.1, 0.15) is 47.6 Å². The molecule has 5 rings (SSSR count). The maximum absolute atomic E-state index is 13.8. The third-order valence-corrected chi connectivity index (χ3v) is 7.76. The van der Waals surface area contributed by atoms with Crippen LogP contribution in [0, 0.1) is 5.82 Å². The van der Waals surface area contributed by atoms with Crippen molar-refractivity contribution in [3.05, 3.63) is 110 Å². The van der Waals surface area contributed by atoms with Gasteiger partial charge in [0.2, 0.25) is 0 Å². The summed E-state index contributed by atoms with van der Waals surface area (Å²) in [6.07, 6.45) is 1.04. The van der Waals surface area contributed by atoms with Gasteiger partial charge in [-0.05, 0) is 60.2 Å². The molecule has 0 amide bonds. The molecule has 0 fully saturated rings. The number of allylic oxidation sites excluding steroid dienone is 3. The second kappa shape index (κ2) is 10.1. The number of Topliss-reactive ketones (excluding diaryl/α,β-unsaturated/α-hetero) is 1. The van der Waals surface area contributed by atoms with Crippen molar-refractivity contribution in [2.24, 2.45) is 0 Å². The molecule has 184 valence electrons. The van der Waals surface area contributed by atoms with Crippen LogP contribution in [0.3, 0.4) is 0 Å². The molecular weight excluding hydrogens is 477 g/mol. The highest BCUT2D eigenvalue weighted by molar-refractivity contribution is 7.10. The Kier molecular flexibility index (Phi) is 6.74. The second-order valence-corrected chi connectivity index (χ2v) is 9.99. The van der Waals surface area contributed by atoms with Crippen molar-refractivity contribution < 1.29 is 23.5 Å². The van der Waals surface area contributed by atoms with Crippen molar-refractivity contribution in [3.63, 3.8) is 0 Å². The largest absolute Gasteiger partial charge is 0.497 e. The summed E-state index contributed by atoms with van der Waals surface area (Å²) in [5, 5.41) is 5.36. The number of dihydropyridines is 1. The standard InChI is InChI=1S/C29H26FNO4S/c1-17-26(29(33)35-16-18-5-11-22(34-2)12-6-18)27(19-7-9-21(30)10-8-19)28-23(31-17)14-20(15-24(28)32)25-4-3-13-36-25/h3-13,20,27,31H,14-16H2,1-2H3. The van der Waals surface area contributed by atoms with E-state index in [9.17, 15) is 14.0 Å². The number of methoxy groups -OCH3 is 1. The van der Waals surface area contributed by atoms with Gasteiger partial charge in [-0.15, -0.1) is 11.3 Å². The van der Waals surface area contributed by atoms with E-state index in [1.165, 1.54) is 17.0 Å². The zero-order valence-corrected chi connectivity index (χ0v) is 20.9. The minimum Gasteiger partial charge on any atom is -0.497 e. The van der Waals surface area contributed by atoms with Crippen LogP contribution < -0.4 is 10.1 Å². The van der Waals surface area contributed by atoms with Crippen LogP contribution in [-0.4, -0.2) is 18.9 Å². The summed E-state index contributed by atoms with van der Waals surface area (Å²) < 4.78 is 24.6. The molecule has 0 bridgehead atoms. The Morgan fingerprint density at radius 1 is 1.08 bits per heavy atom. The van der Waals surface area contributed by atoms with Gasteiger partial charge >= 0.3 is 5.97 Å². The topological polar surface area (TPSA) is 64.6 Å². The summed E-state index contributed by atoms with van der Waals surface area (Å²) in [7, 11) is 1.59. The van der Waals surface area contributed by atoms with Crippen LogP contribution in [0.5, 0.6) is 5.75 Å². The fraction of sp³-hybridized carbons (Fsp3) is 0.241. The number of rotatable bonds is 6. The zero-order valence-electron chi connectivity index (χ0n) is 20.0. The van der Waals surface area contributed by atoms with Crippen LogP contribution in [-0.2, 0) is 20.9 Å². The minimum absolute atomic E-state index is 0.00979. The highest BCUT2D eigenvalue weighted by atomic mass is 32.1. The van der Waals surface area contributed by atoms with Gasteiger partial charge in [0.1, 0.15) is 18.2 Å². The van der Waals surface area contributed by atoms with Crippen LogP contribution >= 0.6 is 11.3 Å². The fourth-order valence-corrected chi connectivity index (χ4v) is 5.80. The lowest BCUT2D eigenvalue weighted by molar-refractivity contribution is -0.140. The Bertz CT molecular complexity index is 1340. The van der Waals surface area contributed by atoms with Gasteiger partial charge in [0.15, 0.2) is 5.78 Å². The summed E-state index contributed by atoms with van der Waals surface area (Å²) in [4.78, 5) is 28.2. The Morgan fingerprint density at radius 2 is 1.83 bits per heavy atom. The van der Waals surface area contributed by atoms with E-state index < -0.39 is 11.9 Å². The minimum atomic E-state index is -0.623. The Labute approximate surface area is 213 Å². The van der Waals surface area contributed by atoms with Gasteiger partial charge in [-0.1, -0.05) is 30.3 Å². The van der Waals surface area contributed by atoms with Gasteiger partial charge in [-0.25, -0.2) is 9.18 Å². The SMILES string of the molecule is COc1ccc(COC(=O)C2=C(C)NC3=C(C(=O)CC(c4cccs4)C3)C2c2ccc(F)cc2)cc1. The third-order valence-electron chi connectivity index (χ3n) is 6.73. The molecule has 3 aromatic rings. The van der Waals surface area contributed by atoms with E-state index in [2.05, 4.69) is 11.4 Å². The molecule has 1 aliphatic carbocycles. The number of hydrogen-bond acceptors (Lipinski definition) is 6. The van der Waals surface area contributed by atoms with E-state index in [1.54, 1.807) is 42.7 Å². The quantitative estimate of drug-likeness (QED) is 0.418. The molecule has 0 spiro atoms. The van der Waals surface area contributed by atoms with E-state index in [4.69, 9.17) is 9.47 Å². The van der Waals surface area contributed by atoms with Gasteiger partial charge in [0.25, 0.3) is 0 Å². The molecule has 2 aliphatic rings. The first-order valence-electron chi connectivity index (χ1n) is 11.8. The molecule has 1 aliphatic heterocycles. The van der Waals surface area contributed by atoms with Gasteiger partial charge in [0, 0.05) is 40.1 Å². The van der Waals surface area contributed by atoms with Crippen LogP contribution in [0.25, 0.3) is 0 Å². The average molecular weight is 504 g/mol. The maximum atomic E-state index is 13.8. The number of thiophene rings is 1. The molecule has 2 atom stereocenters. The Balaban J connectivity index is 1.47. The van der Waals surface area contributed by atoms with E-state index in [-0.39, 0.29) is 24.1 Å². The van der Waals surface area contributed by atoms with Gasteiger partial charge in [-0.2, -0.15) is 0 Å². The first-order valence-corrected chi connectivity index (χ1v) is 12.7. The number of nitrogens with one attached hydrogen (secondary N) is 1. The Hall–Kier alpha value is -3.71. The molecular formula is C29H26FNO4S. The zero-order chi connectivity index (χ0) is 25.2. The van der Waals surface area contributed by atoms with Crippen molar-refractivity contribution in [2.75, 3.05) is 7.11 Å². The molecule has 2 aromatic carbocycles. The van der Waals surface area contributed by atoms with Crippen molar-refractivity contribution in [1.29, 1.82) is 0 Å². The van der Waals surface area contributed by atoms with Gasteiger partial charge in [0.05, 0.1) is 12.7 Å². The van der Waals surface area contributed by atoms with Crippen molar-refractivity contribution in [1.82, 2.24) is 5.32 Å². The predicted octanol–water partition coefficient (Wildman–Crippen LogP) is 6.00. The lowest BCUT2D eigenvalue weighted by Crippen LogP contribution is -2.36. The van der Waals surface area contributed by atoms with Crippen LogP contribution in [0.4, 0.5) is 4.39 Å². The van der Waals surface area contributed by atoms with E-state index in [1.807, 2.05) is 30.5 Å². The fourth-order valence-electron chi connectivity index (χ4n) is 4.97. The highest BCUT2D eigenvalue weighted by Crippen LogP contribution is 2.46. The smallest absolute Gasteiger partial charge is 0.337 e. The van der Waals surface area contributed by atoms with E-state index in [0.29, 0.717) is 41.0 Å². The summed E-state index contributed by atoms with van der Waals surface area (Å²) in [6.45, 7) is 1.90. The predicted molar refractivity (Wildman–Crippen MR) is 136 cm³/mol. The molecule has 5 nitrogen and oxygen atoms in total. The van der Waals surface area contributed by atoms with Gasteiger partial charge in [-0.3, -0.25) is 4.79 Å². The monoisotopic (exact) mass is 503 g/mol. The number of ether oxygens (including phenoxy) is 2. The first kappa shape index (κ1) is 24.0. The average Bonchev–Trinajstić information content (AvgIpc) is 3.42. The number of halogens is 1. The molecule has 7 heteroatoms. The molecule has 1 aromatic heterocycles. The number of hydrogen-bond donors (Lipinski definition) is 1. The molecule has 1 N–H and O–H groups in total. The molecule has 0 radical (unpaired) electrons. The summed E-state index contributed by atoms with van der Waals surface area (Å²) in [5.41, 5.74) is 3.90. The number of carbonyl (C=O) groups excluding carboxylic acids is 2. The van der Waals surface area contributed by atoms with E-state index in [0.717, 1.165) is 11.3 Å². The Morgan fingerprint density at radius 3 is 2.50 bits per heavy atom. The van der Waals surface area contributed by atoms with Crippen molar-refractivity contribution in [2.45, 2.75) is 38.2 Å². The number of carbonyl (C=O) groups is 2. The maximum Gasteiger partial charge on any atom is 0.337 e. The van der Waals surface area contributed by atoms with Crippen LogP contribution in [0.2, 0.25) is 0 Å². The number of esters is 1. The summed E-state index contributed by atoms with van der Waals surface area (Å²) >= 11 is 1.64. The normalized spacial score (nSPS) is 19.6. The molecule has 0 saturated heterocycles. The lowest BCUT2D eigenvalue weighted by Gasteiger charge is -2.36. The van der Waals surface area contributed by atoms with Crippen molar-refractivity contribution >= 4 is 23.1 Å². The third kappa shape index (κ3) is 4.71. The molecule has 36 heavy (non-hydrogen) atoms. The van der Waals surface area contributed by atoms with Crippen molar-refractivity contribution in [3.8, 4) is 5.75 Å². The van der Waals surface area contributed by atoms with Crippen LogP contribution in [0.15, 0.2) is 88.6 Å².